The molecule has 0 fully saturated rings. The van der Waals surface area contributed by atoms with Crippen molar-refractivity contribution >= 4 is 17.3 Å². The number of aryl methyl sites for hydroxylation is 1. The van der Waals surface area contributed by atoms with Gasteiger partial charge in [-0.2, -0.15) is 0 Å². The lowest BCUT2D eigenvalue weighted by Crippen LogP contribution is -2.31. The summed E-state index contributed by atoms with van der Waals surface area (Å²) in [5, 5.41) is 0.818. The highest BCUT2D eigenvalue weighted by molar-refractivity contribution is 6.30. The SMILES string of the molecule is CN(C)c1ccc2c(c1)CN(CCCc1ccc(Cl)cc1)CC2. The first-order valence-electron chi connectivity index (χ1n) is 8.38. The van der Waals surface area contributed by atoms with Gasteiger partial charge in [0.15, 0.2) is 0 Å². The Kier molecular flexibility index (Phi) is 5.24. The minimum Gasteiger partial charge on any atom is -0.378 e. The largest absolute Gasteiger partial charge is 0.378 e. The number of rotatable bonds is 5. The molecular weight excluding hydrogens is 304 g/mol. The average molecular weight is 329 g/mol. The molecule has 0 saturated carbocycles. The van der Waals surface area contributed by atoms with Gasteiger partial charge in [0.05, 0.1) is 0 Å². The third-order valence-corrected chi connectivity index (χ3v) is 4.90. The molecule has 1 heterocycles. The second kappa shape index (κ2) is 7.37. The highest BCUT2D eigenvalue weighted by Gasteiger charge is 2.16. The third kappa shape index (κ3) is 4.27. The molecule has 0 amide bonds. The predicted octanol–water partition coefficient (Wildman–Crippen LogP) is 4.40. The molecule has 0 N–H and O–H groups in total. The maximum atomic E-state index is 5.94. The van der Waals surface area contributed by atoms with Gasteiger partial charge in [0.25, 0.3) is 0 Å². The first-order chi connectivity index (χ1) is 11.1. The van der Waals surface area contributed by atoms with Crippen molar-refractivity contribution < 1.29 is 0 Å². The summed E-state index contributed by atoms with van der Waals surface area (Å²) in [6.45, 7) is 3.42. The summed E-state index contributed by atoms with van der Waals surface area (Å²) in [6.07, 6.45) is 3.49. The molecule has 0 aliphatic carbocycles. The lowest BCUT2D eigenvalue weighted by molar-refractivity contribution is 0.251. The predicted molar refractivity (Wildman–Crippen MR) is 99.5 cm³/mol. The van der Waals surface area contributed by atoms with Gasteiger partial charge in [-0.05, 0) is 66.8 Å². The van der Waals surface area contributed by atoms with Gasteiger partial charge in [-0.1, -0.05) is 29.8 Å². The fourth-order valence-corrected chi connectivity index (χ4v) is 3.35. The van der Waals surface area contributed by atoms with Gasteiger partial charge >= 0.3 is 0 Å². The summed E-state index contributed by atoms with van der Waals surface area (Å²) in [5.74, 6) is 0. The second-order valence-electron chi connectivity index (χ2n) is 6.60. The number of halogens is 1. The van der Waals surface area contributed by atoms with Crippen LogP contribution in [0.2, 0.25) is 5.02 Å². The lowest BCUT2D eigenvalue weighted by Gasteiger charge is -2.29. The molecule has 0 atom stereocenters. The Labute approximate surface area is 144 Å². The van der Waals surface area contributed by atoms with Crippen molar-refractivity contribution in [2.75, 3.05) is 32.1 Å². The summed E-state index contributed by atoms with van der Waals surface area (Å²) in [4.78, 5) is 4.76. The Hall–Kier alpha value is -1.51. The Balaban J connectivity index is 1.54. The van der Waals surface area contributed by atoms with E-state index in [0.29, 0.717) is 0 Å². The first-order valence-corrected chi connectivity index (χ1v) is 8.75. The Morgan fingerprint density at radius 3 is 2.57 bits per heavy atom. The van der Waals surface area contributed by atoms with E-state index in [-0.39, 0.29) is 0 Å². The summed E-state index contributed by atoms with van der Waals surface area (Å²) in [5.41, 5.74) is 5.69. The van der Waals surface area contributed by atoms with Gasteiger partial charge < -0.3 is 4.90 Å². The van der Waals surface area contributed by atoms with Crippen LogP contribution in [0.1, 0.15) is 23.1 Å². The van der Waals surface area contributed by atoms with E-state index < -0.39 is 0 Å². The van der Waals surface area contributed by atoms with Crippen LogP contribution in [0.25, 0.3) is 0 Å². The smallest absolute Gasteiger partial charge is 0.0406 e. The van der Waals surface area contributed by atoms with Crippen LogP contribution in [0.4, 0.5) is 5.69 Å². The van der Waals surface area contributed by atoms with E-state index >= 15 is 0 Å². The summed E-state index contributed by atoms with van der Waals surface area (Å²) in [6, 6.07) is 15.1. The lowest BCUT2D eigenvalue weighted by atomic mass is 9.98. The van der Waals surface area contributed by atoms with Crippen LogP contribution in [0.3, 0.4) is 0 Å². The molecule has 3 heteroatoms. The summed E-state index contributed by atoms with van der Waals surface area (Å²) in [7, 11) is 4.21. The number of hydrogen-bond acceptors (Lipinski definition) is 2. The molecule has 3 rings (SSSR count). The van der Waals surface area contributed by atoms with Crippen LogP contribution in [-0.4, -0.2) is 32.1 Å². The zero-order chi connectivity index (χ0) is 16.2. The van der Waals surface area contributed by atoms with E-state index in [1.807, 2.05) is 12.1 Å². The number of benzene rings is 2. The van der Waals surface area contributed by atoms with Gasteiger partial charge in [0.1, 0.15) is 0 Å². The van der Waals surface area contributed by atoms with Crippen molar-refractivity contribution in [1.29, 1.82) is 0 Å². The number of anilines is 1. The van der Waals surface area contributed by atoms with E-state index in [4.69, 9.17) is 11.6 Å². The summed E-state index contributed by atoms with van der Waals surface area (Å²) >= 11 is 5.94. The molecule has 0 aromatic heterocycles. The minimum absolute atomic E-state index is 0.818. The normalized spacial score (nSPS) is 14.6. The Morgan fingerprint density at radius 2 is 1.83 bits per heavy atom. The van der Waals surface area contributed by atoms with E-state index in [2.05, 4.69) is 54.2 Å². The zero-order valence-electron chi connectivity index (χ0n) is 14.1. The van der Waals surface area contributed by atoms with Gasteiger partial charge in [-0.15, -0.1) is 0 Å². The molecule has 2 aromatic carbocycles. The Morgan fingerprint density at radius 1 is 1.04 bits per heavy atom. The van der Waals surface area contributed by atoms with E-state index in [9.17, 15) is 0 Å². The molecule has 2 aromatic rings. The number of fused-ring (bicyclic) bond motifs is 1. The van der Waals surface area contributed by atoms with Crippen LogP contribution >= 0.6 is 11.6 Å². The molecule has 0 spiro atoms. The van der Waals surface area contributed by atoms with E-state index in [1.54, 1.807) is 0 Å². The molecule has 2 nitrogen and oxygen atoms in total. The van der Waals surface area contributed by atoms with Crippen molar-refractivity contribution in [2.24, 2.45) is 0 Å². The zero-order valence-corrected chi connectivity index (χ0v) is 14.8. The number of hydrogen-bond donors (Lipinski definition) is 0. The highest BCUT2D eigenvalue weighted by Crippen LogP contribution is 2.24. The number of nitrogens with zero attached hydrogens (tertiary/aromatic N) is 2. The quantitative estimate of drug-likeness (QED) is 0.802. The van der Waals surface area contributed by atoms with E-state index in [1.165, 1.54) is 41.8 Å². The molecule has 0 bridgehead atoms. The Bertz CT molecular complexity index is 649. The van der Waals surface area contributed by atoms with Gasteiger partial charge in [0, 0.05) is 37.9 Å². The summed E-state index contributed by atoms with van der Waals surface area (Å²) < 4.78 is 0. The molecular formula is C20H25ClN2. The maximum Gasteiger partial charge on any atom is 0.0406 e. The van der Waals surface area contributed by atoms with Crippen LogP contribution in [0.5, 0.6) is 0 Å². The van der Waals surface area contributed by atoms with Gasteiger partial charge in [-0.25, -0.2) is 0 Å². The monoisotopic (exact) mass is 328 g/mol. The molecule has 1 aliphatic heterocycles. The molecule has 0 saturated heterocycles. The van der Waals surface area contributed by atoms with Gasteiger partial charge in [0.2, 0.25) is 0 Å². The molecule has 122 valence electrons. The fourth-order valence-electron chi connectivity index (χ4n) is 3.23. The van der Waals surface area contributed by atoms with Crippen LogP contribution in [0.15, 0.2) is 42.5 Å². The molecule has 1 aliphatic rings. The van der Waals surface area contributed by atoms with Crippen LogP contribution < -0.4 is 4.90 Å². The van der Waals surface area contributed by atoms with Crippen molar-refractivity contribution in [3.05, 3.63) is 64.2 Å². The van der Waals surface area contributed by atoms with Crippen molar-refractivity contribution in [1.82, 2.24) is 4.90 Å². The van der Waals surface area contributed by atoms with Crippen molar-refractivity contribution in [3.63, 3.8) is 0 Å². The average Bonchev–Trinajstić information content (AvgIpc) is 2.56. The second-order valence-corrected chi connectivity index (χ2v) is 7.04. The topological polar surface area (TPSA) is 6.48 Å². The standard InChI is InChI=1S/C20H25ClN2/c1-22(2)20-10-7-17-11-13-23(15-18(17)14-20)12-3-4-16-5-8-19(21)9-6-16/h5-10,14H,3-4,11-13,15H2,1-2H3. The highest BCUT2D eigenvalue weighted by atomic mass is 35.5. The van der Waals surface area contributed by atoms with Gasteiger partial charge in [-0.3, -0.25) is 4.90 Å². The van der Waals surface area contributed by atoms with E-state index in [0.717, 1.165) is 24.5 Å². The minimum atomic E-state index is 0.818. The molecule has 0 unspecified atom stereocenters. The fraction of sp³-hybridized carbons (Fsp3) is 0.400. The van der Waals surface area contributed by atoms with Crippen LogP contribution in [0, 0.1) is 0 Å². The van der Waals surface area contributed by atoms with Crippen molar-refractivity contribution in [3.8, 4) is 0 Å². The van der Waals surface area contributed by atoms with Crippen molar-refractivity contribution in [2.45, 2.75) is 25.8 Å². The maximum absolute atomic E-state index is 5.94. The third-order valence-electron chi connectivity index (χ3n) is 4.65. The van der Waals surface area contributed by atoms with Crippen LogP contribution in [-0.2, 0) is 19.4 Å². The first kappa shape index (κ1) is 16.4. The molecule has 0 radical (unpaired) electrons. The molecule has 23 heavy (non-hydrogen) atoms.